The number of nitrogen functional groups attached to an aromatic ring is 1. The Bertz CT molecular complexity index is 1250. The van der Waals surface area contributed by atoms with Gasteiger partial charge in [0, 0.05) is 0 Å². The van der Waals surface area contributed by atoms with E-state index in [1.165, 1.54) is 19.1 Å². The minimum atomic E-state index is -4.53. The summed E-state index contributed by atoms with van der Waals surface area (Å²) in [5, 5.41) is 10.8. The summed E-state index contributed by atoms with van der Waals surface area (Å²) in [4.78, 5) is 29.8. The van der Waals surface area contributed by atoms with E-state index < -0.39 is 61.6 Å². The Morgan fingerprint density at radius 3 is 2.65 bits per heavy atom. The van der Waals surface area contributed by atoms with E-state index in [0.717, 1.165) is 10.9 Å². The fourth-order valence-corrected chi connectivity index (χ4v) is 4.88. The second-order valence-corrected chi connectivity index (χ2v) is 10.3. The second kappa shape index (κ2) is 11.6. The summed E-state index contributed by atoms with van der Waals surface area (Å²) < 4.78 is 41.4. The van der Waals surface area contributed by atoms with Crippen molar-refractivity contribution in [2.75, 3.05) is 12.3 Å². The van der Waals surface area contributed by atoms with E-state index in [0.29, 0.717) is 0 Å². The van der Waals surface area contributed by atoms with Gasteiger partial charge in [0.25, 0.3) is 0 Å². The van der Waals surface area contributed by atoms with Gasteiger partial charge in [-0.2, -0.15) is 4.98 Å². The van der Waals surface area contributed by atoms with Crippen molar-refractivity contribution in [3.63, 3.8) is 0 Å². The van der Waals surface area contributed by atoms with Crippen molar-refractivity contribution in [2.45, 2.75) is 56.3 Å². The molecule has 3 N–H and O–H groups in total. The van der Waals surface area contributed by atoms with Crippen LogP contribution in [0.15, 0.2) is 41.5 Å². The lowest BCUT2D eigenvalue weighted by molar-refractivity contribution is -0.156. The molecule has 0 spiro atoms. The molecule has 0 amide bonds. The number of nitrogens with two attached hydrogens (primary N) is 1. The quantitative estimate of drug-likeness (QED) is 0.188. The third-order valence-electron chi connectivity index (χ3n) is 4.99. The van der Waals surface area contributed by atoms with Gasteiger partial charge in [-0.15, -0.1) is 6.42 Å². The molecule has 3 rings (SSSR count). The molecule has 0 radical (unpaired) electrons. The highest BCUT2D eigenvalue weighted by atomic mass is 35.5. The molecule has 37 heavy (non-hydrogen) atoms. The fourth-order valence-electron chi connectivity index (χ4n) is 3.25. The molecule has 0 aliphatic carbocycles. The highest BCUT2D eigenvalue weighted by Crippen LogP contribution is 2.52. The summed E-state index contributed by atoms with van der Waals surface area (Å²) in [7, 11) is -4.53. The zero-order valence-electron chi connectivity index (χ0n) is 20.1. The Morgan fingerprint density at radius 2 is 2.05 bits per heavy atom. The number of anilines is 1. The molecular formula is C22H26ClN4O9P. The van der Waals surface area contributed by atoms with Gasteiger partial charge in [-0.3, -0.25) is 13.6 Å². The summed E-state index contributed by atoms with van der Waals surface area (Å²) in [6, 6.07) is 7.91. The smallest absolute Gasteiger partial charge is 0.461 e. The molecule has 1 fully saturated rings. The number of para-hydroxylation sites is 1. The van der Waals surface area contributed by atoms with E-state index in [2.05, 4.69) is 15.9 Å². The van der Waals surface area contributed by atoms with E-state index in [1.807, 2.05) is 0 Å². The number of rotatable bonds is 10. The van der Waals surface area contributed by atoms with Crippen LogP contribution in [0.1, 0.15) is 27.0 Å². The number of halogens is 1. The molecule has 2 heterocycles. The van der Waals surface area contributed by atoms with Gasteiger partial charge in [0.2, 0.25) is 5.95 Å². The first-order chi connectivity index (χ1) is 17.4. The van der Waals surface area contributed by atoms with Crippen LogP contribution in [0.4, 0.5) is 5.95 Å². The first kappa shape index (κ1) is 28.6. The number of carbonyl (C=O) groups excluding carboxylic acids is 1. The van der Waals surface area contributed by atoms with Crippen LogP contribution in [-0.2, 0) is 27.9 Å². The molecular weight excluding hydrogens is 531 g/mol. The SMILES string of the molecule is C#C[C@@]1(Cl)C(O)C(COP(=O)(Oc2ccccc2)O[C@@H](C)C(=O)OC(C)C)O[C@H]1n1cnc(N)nc1=O. The van der Waals surface area contributed by atoms with Crippen LogP contribution in [0, 0.1) is 12.3 Å². The maximum atomic E-state index is 13.5. The summed E-state index contributed by atoms with van der Waals surface area (Å²) in [5.41, 5.74) is 4.53. The molecule has 1 aromatic heterocycles. The van der Waals surface area contributed by atoms with Crippen molar-refractivity contribution in [1.82, 2.24) is 14.5 Å². The highest BCUT2D eigenvalue weighted by Gasteiger charge is 2.56. The number of esters is 1. The number of aliphatic hydroxyl groups is 1. The van der Waals surface area contributed by atoms with Crippen molar-refractivity contribution in [2.24, 2.45) is 0 Å². The molecule has 1 saturated heterocycles. The van der Waals surface area contributed by atoms with Crippen LogP contribution in [0.25, 0.3) is 0 Å². The average molecular weight is 557 g/mol. The molecule has 15 heteroatoms. The van der Waals surface area contributed by atoms with Crippen LogP contribution in [0.5, 0.6) is 5.75 Å². The molecule has 1 aliphatic rings. The van der Waals surface area contributed by atoms with E-state index >= 15 is 0 Å². The van der Waals surface area contributed by atoms with Gasteiger partial charge in [-0.1, -0.05) is 35.7 Å². The first-order valence-corrected chi connectivity index (χ1v) is 12.8. The number of phosphoric acid groups is 1. The van der Waals surface area contributed by atoms with Gasteiger partial charge >= 0.3 is 19.5 Å². The van der Waals surface area contributed by atoms with Crippen LogP contribution in [0.3, 0.4) is 0 Å². The lowest BCUT2D eigenvalue weighted by Crippen LogP contribution is -2.43. The fraction of sp³-hybridized carbons (Fsp3) is 0.455. The molecule has 3 unspecified atom stereocenters. The maximum absolute atomic E-state index is 13.5. The van der Waals surface area contributed by atoms with Gasteiger partial charge in [-0.05, 0) is 32.9 Å². The van der Waals surface area contributed by atoms with Gasteiger partial charge in [0.15, 0.2) is 17.2 Å². The Kier molecular flexibility index (Phi) is 8.96. The molecule has 6 atom stereocenters. The number of alkyl halides is 1. The summed E-state index contributed by atoms with van der Waals surface area (Å²) in [6.45, 7) is 3.95. The lowest BCUT2D eigenvalue weighted by atomic mass is 10.00. The van der Waals surface area contributed by atoms with Crippen LogP contribution < -0.4 is 15.9 Å². The highest BCUT2D eigenvalue weighted by molar-refractivity contribution is 7.49. The third kappa shape index (κ3) is 6.67. The van der Waals surface area contributed by atoms with E-state index in [4.69, 9.17) is 46.8 Å². The van der Waals surface area contributed by atoms with Crippen molar-refractivity contribution in [1.29, 1.82) is 0 Å². The number of nitrogens with zero attached hydrogens (tertiary/aromatic N) is 3. The van der Waals surface area contributed by atoms with Crippen LogP contribution in [-0.4, -0.2) is 61.5 Å². The van der Waals surface area contributed by atoms with Gasteiger partial charge < -0.3 is 24.8 Å². The zero-order valence-corrected chi connectivity index (χ0v) is 21.7. The molecule has 1 aliphatic heterocycles. The molecule has 0 saturated carbocycles. The second-order valence-electron chi connectivity index (χ2n) is 8.17. The normalized spacial score (nSPS) is 25.7. The number of aromatic nitrogens is 3. The number of benzene rings is 1. The molecule has 200 valence electrons. The first-order valence-electron chi connectivity index (χ1n) is 11.0. The van der Waals surface area contributed by atoms with E-state index in [9.17, 15) is 19.3 Å². The number of terminal acetylenes is 1. The number of carbonyl (C=O) groups is 1. The largest absolute Gasteiger partial charge is 0.530 e. The van der Waals surface area contributed by atoms with Crippen molar-refractivity contribution in [3.05, 3.63) is 47.1 Å². The number of ether oxygens (including phenoxy) is 2. The van der Waals surface area contributed by atoms with Crippen molar-refractivity contribution >= 4 is 31.3 Å². The number of aliphatic hydroxyl groups excluding tert-OH is 1. The van der Waals surface area contributed by atoms with Crippen molar-refractivity contribution in [3.8, 4) is 18.1 Å². The predicted octanol–water partition coefficient (Wildman–Crippen LogP) is 1.65. The molecule has 0 bridgehead atoms. The number of phosphoric ester groups is 1. The Balaban J connectivity index is 1.83. The van der Waals surface area contributed by atoms with Gasteiger partial charge in [0.05, 0.1) is 12.7 Å². The monoisotopic (exact) mass is 556 g/mol. The molecule has 2 aromatic rings. The predicted molar refractivity (Wildman–Crippen MR) is 130 cm³/mol. The Labute approximate surface area is 217 Å². The van der Waals surface area contributed by atoms with E-state index in [1.54, 1.807) is 32.0 Å². The maximum Gasteiger partial charge on any atom is 0.530 e. The Hall–Kier alpha value is -2.98. The number of hydrogen-bond donors (Lipinski definition) is 2. The lowest BCUT2D eigenvalue weighted by Gasteiger charge is -2.25. The van der Waals surface area contributed by atoms with Crippen LogP contribution in [0.2, 0.25) is 0 Å². The standard InChI is InChI=1S/C22H26ClN4O9P/c1-5-22(23)17(28)16(34-19(22)27-12-25-20(24)26-21(27)30)11-32-37(31,36-15-9-7-6-8-10-15)35-14(4)18(29)33-13(2)3/h1,6-10,12-14,16-17,19,28H,11H2,2-4H3,(H2,24,26,30)/t14-,16?,17?,19+,22+,37?/m0/s1. The van der Waals surface area contributed by atoms with Gasteiger partial charge in [-0.25, -0.2) is 19.1 Å². The van der Waals surface area contributed by atoms with Crippen molar-refractivity contribution < 1.29 is 37.5 Å². The summed E-state index contributed by atoms with van der Waals surface area (Å²) in [6.07, 6.45) is 0.382. The zero-order chi connectivity index (χ0) is 27.4. The third-order valence-corrected chi connectivity index (χ3v) is 6.99. The summed E-state index contributed by atoms with van der Waals surface area (Å²) >= 11 is 6.46. The van der Waals surface area contributed by atoms with Crippen LogP contribution >= 0.6 is 19.4 Å². The average Bonchev–Trinajstić information content (AvgIpc) is 3.08. The van der Waals surface area contributed by atoms with E-state index in [-0.39, 0.29) is 11.7 Å². The Morgan fingerprint density at radius 1 is 1.38 bits per heavy atom. The molecule has 13 nitrogen and oxygen atoms in total. The molecule has 1 aromatic carbocycles. The summed E-state index contributed by atoms with van der Waals surface area (Å²) in [5.74, 6) is 1.23. The van der Waals surface area contributed by atoms with Gasteiger partial charge in [0.1, 0.15) is 24.3 Å². The number of hydrogen-bond acceptors (Lipinski definition) is 12. The minimum Gasteiger partial charge on any atom is -0.461 e. The minimum absolute atomic E-state index is 0.113. The topological polar surface area (TPSA) is 174 Å².